The van der Waals surface area contributed by atoms with Crippen LogP contribution in [0.15, 0.2) is 48.7 Å². The predicted octanol–water partition coefficient (Wildman–Crippen LogP) is 5.13. The Kier molecular flexibility index (Phi) is 2.76. The monoisotopic (exact) mass is 290 g/mol. The van der Waals surface area contributed by atoms with E-state index in [4.69, 9.17) is 0 Å². The molecule has 2 aromatic carbocycles. The predicted molar refractivity (Wildman–Crippen MR) is 89.8 cm³/mol. The summed E-state index contributed by atoms with van der Waals surface area (Å²) in [5.74, 6) is 0. The number of hydrogen-bond acceptors (Lipinski definition) is 3. The van der Waals surface area contributed by atoms with Gasteiger partial charge >= 0.3 is 0 Å². The minimum absolute atomic E-state index is 0.845. The zero-order chi connectivity index (χ0) is 14.4. The Morgan fingerprint density at radius 3 is 2.57 bits per heavy atom. The smallest absolute Gasteiger partial charge is 0.170 e. The van der Waals surface area contributed by atoms with Crippen molar-refractivity contribution in [2.45, 2.75) is 13.8 Å². The second kappa shape index (κ2) is 4.64. The highest BCUT2D eigenvalue weighted by atomic mass is 32.1. The van der Waals surface area contributed by atoms with E-state index < -0.39 is 0 Å². The van der Waals surface area contributed by atoms with Crippen molar-refractivity contribution in [3.05, 3.63) is 59.2 Å². The molecule has 0 saturated carbocycles. The number of fused-ring (bicyclic) bond motifs is 2. The maximum absolute atomic E-state index is 4.47. The Hall–Kier alpha value is -2.26. The van der Waals surface area contributed by atoms with Gasteiger partial charge in [-0.05, 0) is 42.3 Å². The molecule has 102 valence electrons. The molecule has 0 N–H and O–H groups in total. The van der Waals surface area contributed by atoms with Gasteiger partial charge in [-0.1, -0.05) is 35.9 Å². The summed E-state index contributed by atoms with van der Waals surface area (Å²) < 4.78 is 1.15. The molecule has 0 saturated heterocycles. The summed E-state index contributed by atoms with van der Waals surface area (Å²) in [4.78, 5) is 8.89. The van der Waals surface area contributed by atoms with Gasteiger partial charge in [-0.2, -0.15) is 0 Å². The van der Waals surface area contributed by atoms with Crippen molar-refractivity contribution in [2.75, 3.05) is 0 Å². The highest BCUT2D eigenvalue weighted by Gasteiger charge is 2.05. The molecule has 4 rings (SSSR count). The summed E-state index contributed by atoms with van der Waals surface area (Å²) in [7, 11) is 0. The van der Waals surface area contributed by atoms with Crippen LogP contribution in [0.4, 0.5) is 0 Å². The van der Waals surface area contributed by atoms with Crippen LogP contribution in [0.1, 0.15) is 10.6 Å². The molecule has 21 heavy (non-hydrogen) atoms. The number of pyridine rings is 1. The van der Waals surface area contributed by atoms with Gasteiger partial charge < -0.3 is 0 Å². The lowest BCUT2D eigenvalue weighted by Gasteiger charge is -2.05. The second-order valence-electron chi connectivity index (χ2n) is 5.34. The number of rotatable bonds is 1. The van der Waals surface area contributed by atoms with Crippen LogP contribution in [0.5, 0.6) is 0 Å². The molecular weight excluding hydrogens is 276 g/mol. The lowest BCUT2D eigenvalue weighted by Crippen LogP contribution is -1.83. The van der Waals surface area contributed by atoms with Crippen LogP contribution in [-0.2, 0) is 0 Å². The van der Waals surface area contributed by atoms with E-state index in [0.29, 0.717) is 0 Å². The molecule has 0 aliphatic heterocycles. The molecular formula is C18H14N2S. The van der Waals surface area contributed by atoms with Crippen molar-refractivity contribution in [1.82, 2.24) is 9.97 Å². The Balaban J connectivity index is 1.88. The van der Waals surface area contributed by atoms with Crippen molar-refractivity contribution in [1.29, 1.82) is 0 Å². The number of thiazole rings is 1. The van der Waals surface area contributed by atoms with Crippen LogP contribution in [0.2, 0.25) is 0 Å². The van der Waals surface area contributed by atoms with Crippen LogP contribution < -0.4 is 0 Å². The first-order valence-electron chi connectivity index (χ1n) is 6.93. The summed E-state index contributed by atoms with van der Waals surface area (Å²) >= 11 is 1.69. The van der Waals surface area contributed by atoms with Gasteiger partial charge in [0.05, 0.1) is 9.71 Å². The van der Waals surface area contributed by atoms with Gasteiger partial charge in [-0.15, -0.1) is 11.3 Å². The van der Waals surface area contributed by atoms with Gasteiger partial charge in [-0.25, -0.2) is 9.97 Å². The van der Waals surface area contributed by atoms with Crippen molar-refractivity contribution in [2.24, 2.45) is 0 Å². The van der Waals surface area contributed by atoms with E-state index in [1.54, 1.807) is 11.3 Å². The third-order valence-corrected chi connectivity index (χ3v) is 4.59. The fourth-order valence-electron chi connectivity index (χ4n) is 2.63. The molecule has 0 aliphatic rings. The molecule has 0 bridgehead atoms. The molecule has 0 unspecified atom stereocenters. The SMILES string of the molecule is Cc1ccc2cc(-c3cnc4nc(C)sc4c3)ccc2c1. The molecule has 0 atom stereocenters. The van der Waals surface area contributed by atoms with Gasteiger partial charge in [0.1, 0.15) is 0 Å². The summed E-state index contributed by atoms with van der Waals surface area (Å²) in [5, 5.41) is 3.60. The van der Waals surface area contributed by atoms with Crippen LogP contribution in [0.3, 0.4) is 0 Å². The van der Waals surface area contributed by atoms with E-state index in [2.05, 4.69) is 59.4 Å². The molecule has 0 aliphatic carbocycles. The Morgan fingerprint density at radius 1 is 0.857 bits per heavy atom. The number of aromatic nitrogens is 2. The summed E-state index contributed by atoms with van der Waals surface area (Å²) in [6, 6.07) is 15.3. The van der Waals surface area contributed by atoms with Crippen molar-refractivity contribution >= 4 is 32.5 Å². The highest BCUT2D eigenvalue weighted by Crippen LogP contribution is 2.28. The van der Waals surface area contributed by atoms with Crippen LogP contribution in [-0.4, -0.2) is 9.97 Å². The molecule has 0 radical (unpaired) electrons. The lowest BCUT2D eigenvalue weighted by molar-refractivity contribution is 1.27. The highest BCUT2D eigenvalue weighted by molar-refractivity contribution is 7.18. The van der Waals surface area contributed by atoms with Crippen LogP contribution >= 0.6 is 11.3 Å². The van der Waals surface area contributed by atoms with Gasteiger partial charge in [0.25, 0.3) is 0 Å². The minimum Gasteiger partial charge on any atom is -0.235 e. The van der Waals surface area contributed by atoms with Gasteiger partial charge in [0.2, 0.25) is 0 Å². The topological polar surface area (TPSA) is 25.8 Å². The molecule has 4 aromatic rings. The molecule has 0 spiro atoms. The first-order chi connectivity index (χ1) is 10.2. The number of nitrogens with zero attached hydrogens (tertiary/aromatic N) is 2. The fraction of sp³-hybridized carbons (Fsp3) is 0.111. The number of hydrogen-bond donors (Lipinski definition) is 0. The first kappa shape index (κ1) is 12.5. The largest absolute Gasteiger partial charge is 0.235 e. The summed E-state index contributed by atoms with van der Waals surface area (Å²) in [5.41, 5.74) is 4.48. The molecule has 2 aromatic heterocycles. The zero-order valence-electron chi connectivity index (χ0n) is 11.9. The molecule has 2 heterocycles. The second-order valence-corrected chi connectivity index (χ2v) is 6.58. The average molecular weight is 290 g/mol. The van der Waals surface area contributed by atoms with Crippen molar-refractivity contribution in [3.8, 4) is 11.1 Å². The molecule has 0 amide bonds. The molecule has 2 nitrogen and oxygen atoms in total. The molecule has 3 heteroatoms. The van der Waals surface area contributed by atoms with E-state index in [9.17, 15) is 0 Å². The summed E-state index contributed by atoms with van der Waals surface area (Å²) in [6.07, 6.45) is 1.91. The third-order valence-electron chi connectivity index (χ3n) is 3.68. The third kappa shape index (κ3) is 2.20. The number of benzene rings is 2. The maximum Gasteiger partial charge on any atom is 0.170 e. The van der Waals surface area contributed by atoms with Gasteiger partial charge in [0, 0.05) is 11.8 Å². The molecule has 0 fully saturated rings. The Labute approximate surface area is 127 Å². The van der Waals surface area contributed by atoms with E-state index in [-0.39, 0.29) is 0 Å². The standard InChI is InChI=1S/C18H14N2S/c1-11-3-4-14-8-15(6-5-13(14)7-11)16-9-17-18(19-10-16)20-12(2)21-17/h3-10H,1-2H3. The normalized spacial score (nSPS) is 11.3. The van der Waals surface area contributed by atoms with E-state index in [1.165, 1.54) is 21.9 Å². The summed E-state index contributed by atoms with van der Waals surface area (Å²) in [6.45, 7) is 4.14. The average Bonchev–Trinajstić information content (AvgIpc) is 2.85. The van der Waals surface area contributed by atoms with Gasteiger partial charge in [-0.3, -0.25) is 0 Å². The number of aryl methyl sites for hydroxylation is 2. The zero-order valence-corrected chi connectivity index (χ0v) is 12.7. The minimum atomic E-state index is 0.845. The Morgan fingerprint density at radius 2 is 1.67 bits per heavy atom. The van der Waals surface area contributed by atoms with Crippen molar-refractivity contribution in [3.63, 3.8) is 0 Å². The quantitative estimate of drug-likeness (QED) is 0.486. The van der Waals surface area contributed by atoms with E-state index in [1.807, 2.05) is 13.1 Å². The van der Waals surface area contributed by atoms with Gasteiger partial charge in [0.15, 0.2) is 5.65 Å². The first-order valence-corrected chi connectivity index (χ1v) is 7.75. The fourth-order valence-corrected chi connectivity index (χ4v) is 3.46. The van der Waals surface area contributed by atoms with E-state index in [0.717, 1.165) is 20.9 Å². The van der Waals surface area contributed by atoms with Crippen LogP contribution in [0, 0.1) is 13.8 Å². The van der Waals surface area contributed by atoms with Crippen LogP contribution in [0.25, 0.3) is 32.2 Å². The lowest BCUT2D eigenvalue weighted by atomic mass is 10.0. The maximum atomic E-state index is 4.47. The Bertz CT molecular complexity index is 969. The van der Waals surface area contributed by atoms with Crippen molar-refractivity contribution < 1.29 is 0 Å². The van der Waals surface area contributed by atoms with E-state index >= 15 is 0 Å².